The van der Waals surface area contributed by atoms with Crippen LogP contribution >= 0.6 is 0 Å². The first kappa shape index (κ1) is 38.3. The van der Waals surface area contributed by atoms with Gasteiger partial charge in [0, 0.05) is 12.2 Å². The summed E-state index contributed by atoms with van der Waals surface area (Å²) in [5, 5.41) is 5.79. The standard InChI is InChI=1S/C43H51N3O5Si/c1-42(2,52(5,6)48)27-26-37-16-11-17-38(46-37)30-45-41(47)44-29-32-12-10-13-33(28-32)31-51-43(34-14-8-7-9-15-34,35-18-22-39(49-3)23-19-35)36-20-24-40(50-4)25-21-36/h7-25,28,48H,26-27,29-31H2,1-6H3,(H2,44,45,47). The number of ether oxygens (including phenoxy) is 3. The predicted molar refractivity (Wildman–Crippen MR) is 209 cm³/mol. The molecule has 2 amide bonds. The summed E-state index contributed by atoms with van der Waals surface area (Å²) in [6.07, 6.45) is 1.63. The molecule has 272 valence electrons. The van der Waals surface area contributed by atoms with Crippen LogP contribution in [0.15, 0.2) is 121 Å². The lowest BCUT2D eigenvalue weighted by atomic mass is 9.80. The van der Waals surface area contributed by atoms with Crippen molar-refractivity contribution in [2.75, 3.05) is 14.2 Å². The van der Waals surface area contributed by atoms with Crippen molar-refractivity contribution in [3.63, 3.8) is 0 Å². The van der Waals surface area contributed by atoms with E-state index < -0.39 is 13.9 Å². The van der Waals surface area contributed by atoms with Gasteiger partial charge >= 0.3 is 6.03 Å². The summed E-state index contributed by atoms with van der Waals surface area (Å²) in [6, 6.07) is 39.8. The minimum Gasteiger partial charge on any atom is -0.497 e. The normalized spacial score (nSPS) is 11.9. The third-order valence-electron chi connectivity index (χ3n) is 10.0. The quantitative estimate of drug-likeness (QED) is 0.0699. The van der Waals surface area contributed by atoms with Gasteiger partial charge in [-0.05, 0) is 95.2 Å². The molecule has 52 heavy (non-hydrogen) atoms. The molecular formula is C43H51N3O5Si. The van der Waals surface area contributed by atoms with Crippen LogP contribution in [0.2, 0.25) is 18.1 Å². The Balaban J connectivity index is 1.27. The van der Waals surface area contributed by atoms with Crippen molar-refractivity contribution in [2.24, 2.45) is 0 Å². The Kier molecular flexibility index (Phi) is 12.5. The first-order valence-electron chi connectivity index (χ1n) is 17.7. The van der Waals surface area contributed by atoms with E-state index >= 15 is 0 Å². The lowest BCUT2D eigenvalue weighted by Gasteiger charge is -2.36. The summed E-state index contributed by atoms with van der Waals surface area (Å²) in [7, 11) is 1.02. The number of nitrogens with one attached hydrogen (secondary N) is 2. The second kappa shape index (κ2) is 17.0. The van der Waals surface area contributed by atoms with E-state index in [2.05, 4.69) is 42.7 Å². The van der Waals surface area contributed by atoms with E-state index in [0.717, 1.165) is 63.5 Å². The van der Waals surface area contributed by atoms with Gasteiger partial charge < -0.3 is 29.6 Å². The lowest BCUT2D eigenvalue weighted by molar-refractivity contribution is 0.000167. The lowest BCUT2D eigenvalue weighted by Crippen LogP contribution is -2.39. The molecule has 0 aliphatic rings. The zero-order chi connectivity index (χ0) is 37.2. The second-order valence-corrected chi connectivity index (χ2v) is 18.7. The third-order valence-corrected chi connectivity index (χ3v) is 13.6. The van der Waals surface area contributed by atoms with Crippen LogP contribution in [0.3, 0.4) is 0 Å². The zero-order valence-corrected chi connectivity index (χ0v) is 32.1. The molecule has 0 radical (unpaired) electrons. The molecule has 0 unspecified atom stereocenters. The van der Waals surface area contributed by atoms with Crippen molar-refractivity contribution in [1.82, 2.24) is 15.6 Å². The number of aryl methyl sites for hydroxylation is 1. The number of hydrogen-bond donors (Lipinski definition) is 3. The van der Waals surface area contributed by atoms with E-state index in [1.807, 2.05) is 116 Å². The molecule has 5 aromatic rings. The highest BCUT2D eigenvalue weighted by molar-refractivity contribution is 6.72. The third kappa shape index (κ3) is 9.47. The largest absolute Gasteiger partial charge is 0.497 e. The Morgan fingerprint density at radius 1 is 0.692 bits per heavy atom. The van der Waals surface area contributed by atoms with Crippen molar-refractivity contribution in [1.29, 1.82) is 0 Å². The number of aromatic nitrogens is 1. The van der Waals surface area contributed by atoms with Crippen LogP contribution in [0.1, 0.15) is 59.5 Å². The van der Waals surface area contributed by atoms with Crippen molar-refractivity contribution < 1.29 is 23.8 Å². The number of amides is 2. The van der Waals surface area contributed by atoms with E-state index in [1.165, 1.54) is 0 Å². The van der Waals surface area contributed by atoms with Gasteiger partial charge in [0.1, 0.15) is 17.1 Å². The van der Waals surface area contributed by atoms with Crippen molar-refractivity contribution in [2.45, 2.75) is 70.1 Å². The van der Waals surface area contributed by atoms with Gasteiger partial charge in [-0.3, -0.25) is 4.98 Å². The summed E-state index contributed by atoms with van der Waals surface area (Å²) in [6.45, 7) is 9.19. The number of methoxy groups -OCH3 is 2. The summed E-state index contributed by atoms with van der Waals surface area (Å²) in [4.78, 5) is 28.2. The smallest absolute Gasteiger partial charge is 0.315 e. The molecule has 0 fully saturated rings. The van der Waals surface area contributed by atoms with Crippen molar-refractivity contribution in [3.8, 4) is 11.5 Å². The van der Waals surface area contributed by atoms with Crippen LogP contribution in [0, 0.1) is 0 Å². The number of rotatable bonds is 16. The highest BCUT2D eigenvalue weighted by atomic mass is 28.4. The van der Waals surface area contributed by atoms with Crippen molar-refractivity contribution >= 4 is 14.3 Å². The van der Waals surface area contributed by atoms with Gasteiger partial charge in [-0.2, -0.15) is 0 Å². The predicted octanol–water partition coefficient (Wildman–Crippen LogP) is 8.52. The van der Waals surface area contributed by atoms with Crippen LogP contribution in [0.5, 0.6) is 11.5 Å². The molecule has 5 rings (SSSR count). The maximum Gasteiger partial charge on any atom is 0.315 e. The van der Waals surface area contributed by atoms with Crippen LogP contribution < -0.4 is 20.1 Å². The monoisotopic (exact) mass is 717 g/mol. The Bertz CT molecular complexity index is 1840. The average Bonchev–Trinajstić information content (AvgIpc) is 3.16. The Morgan fingerprint density at radius 2 is 1.23 bits per heavy atom. The van der Waals surface area contributed by atoms with E-state index in [0.29, 0.717) is 19.7 Å². The van der Waals surface area contributed by atoms with Gasteiger partial charge in [-0.25, -0.2) is 4.79 Å². The number of nitrogens with zero attached hydrogens (tertiary/aromatic N) is 1. The number of benzene rings is 4. The number of hydrogen-bond acceptors (Lipinski definition) is 6. The highest BCUT2D eigenvalue weighted by Crippen LogP contribution is 2.42. The Hall–Kier alpha value is -4.96. The fourth-order valence-electron chi connectivity index (χ4n) is 6.02. The second-order valence-electron chi connectivity index (χ2n) is 14.2. The molecule has 0 bridgehead atoms. The van der Waals surface area contributed by atoms with Crippen LogP contribution in [-0.4, -0.2) is 38.3 Å². The van der Waals surface area contributed by atoms with Crippen molar-refractivity contribution in [3.05, 3.63) is 161 Å². The average molecular weight is 718 g/mol. The molecule has 8 nitrogen and oxygen atoms in total. The number of urea groups is 1. The molecule has 0 saturated heterocycles. The van der Waals surface area contributed by atoms with Crippen LogP contribution in [0.25, 0.3) is 0 Å². The maximum atomic E-state index is 12.8. The highest BCUT2D eigenvalue weighted by Gasteiger charge is 2.38. The number of carbonyl (C=O) groups excluding carboxylic acids is 1. The Labute approximate surface area is 309 Å². The molecule has 0 saturated carbocycles. The van der Waals surface area contributed by atoms with Crippen LogP contribution in [-0.2, 0) is 36.5 Å². The van der Waals surface area contributed by atoms with Gasteiger partial charge in [0.2, 0.25) is 0 Å². The topological polar surface area (TPSA) is 102 Å². The number of pyridine rings is 1. The van der Waals surface area contributed by atoms with E-state index in [9.17, 15) is 9.59 Å². The maximum absolute atomic E-state index is 12.8. The van der Waals surface area contributed by atoms with Gasteiger partial charge in [-0.1, -0.05) is 98.8 Å². The Morgan fingerprint density at radius 3 is 1.83 bits per heavy atom. The molecule has 3 N–H and O–H groups in total. The van der Waals surface area contributed by atoms with E-state index in [1.54, 1.807) is 14.2 Å². The molecule has 4 aromatic carbocycles. The van der Waals surface area contributed by atoms with Gasteiger partial charge in [0.05, 0.1) is 33.1 Å². The fourth-order valence-corrected chi connectivity index (χ4v) is 6.76. The first-order chi connectivity index (χ1) is 24.9. The molecule has 0 aliphatic carbocycles. The number of carbonyl (C=O) groups is 1. The summed E-state index contributed by atoms with van der Waals surface area (Å²) in [5.74, 6) is 1.52. The molecule has 1 aromatic heterocycles. The van der Waals surface area contributed by atoms with E-state index in [-0.39, 0.29) is 11.1 Å². The minimum atomic E-state index is -2.29. The van der Waals surface area contributed by atoms with Gasteiger partial charge in [0.25, 0.3) is 0 Å². The summed E-state index contributed by atoms with van der Waals surface area (Å²) in [5.41, 5.74) is 5.64. The van der Waals surface area contributed by atoms with Gasteiger partial charge in [0.15, 0.2) is 8.32 Å². The molecular weight excluding hydrogens is 667 g/mol. The minimum absolute atomic E-state index is 0.121. The zero-order valence-electron chi connectivity index (χ0n) is 31.1. The molecule has 0 spiro atoms. The molecule has 0 aliphatic heterocycles. The summed E-state index contributed by atoms with van der Waals surface area (Å²) >= 11 is 0. The first-order valence-corrected chi connectivity index (χ1v) is 20.6. The fraction of sp³-hybridized carbons (Fsp3) is 0.302. The SMILES string of the molecule is COc1ccc(C(OCc2cccc(CNC(=O)NCc3cccc(CCC(C)(C)[Si](C)(C)O)n3)c2)(c2ccccc2)c2ccc(OC)cc2)cc1. The summed E-state index contributed by atoms with van der Waals surface area (Å²) < 4.78 is 18.0. The van der Waals surface area contributed by atoms with Gasteiger partial charge in [-0.15, -0.1) is 0 Å². The molecule has 0 atom stereocenters. The molecule has 9 heteroatoms. The van der Waals surface area contributed by atoms with E-state index in [4.69, 9.17) is 19.2 Å². The van der Waals surface area contributed by atoms with Crippen LogP contribution in [0.4, 0.5) is 4.79 Å². The molecule has 1 heterocycles.